The highest BCUT2D eigenvalue weighted by Gasteiger charge is 2.18. The molecule has 0 heterocycles. The molecule has 0 aliphatic rings. The van der Waals surface area contributed by atoms with Crippen LogP contribution in [0.2, 0.25) is 0 Å². The normalized spacial score (nSPS) is 11.1. The standard InChI is InChI=1S/C8H18N2O2/c1-8(2,3)12-7(11)10(5)6-9-4/h9H,6H2,1-5H3. The van der Waals surface area contributed by atoms with Crippen LogP contribution in [0.3, 0.4) is 0 Å². The van der Waals surface area contributed by atoms with Crippen molar-refractivity contribution in [3.8, 4) is 0 Å². The van der Waals surface area contributed by atoms with Gasteiger partial charge < -0.3 is 10.1 Å². The van der Waals surface area contributed by atoms with Crippen LogP contribution in [0.4, 0.5) is 4.79 Å². The van der Waals surface area contributed by atoms with Crippen molar-refractivity contribution in [2.24, 2.45) is 0 Å². The molecule has 0 fully saturated rings. The highest BCUT2D eigenvalue weighted by Crippen LogP contribution is 2.08. The fourth-order valence-electron chi connectivity index (χ4n) is 0.642. The molecule has 0 aromatic heterocycles. The van der Waals surface area contributed by atoms with Gasteiger partial charge in [-0.25, -0.2) is 4.79 Å². The van der Waals surface area contributed by atoms with Gasteiger partial charge in [-0.2, -0.15) is 0 Å². The minimum absolute atomic E-state index is 0.308. The van der Waals surface area contributed by atoms with Crippen LogP contribution in [0.1, 0.15) is 20.8 Å². The van der Waals surface area contributed by atoms with Crippen molar-refractivity contribution in [2.45, 2.75) is 26.4 Å². The molecule has 72 valence electrons. The summed E-state index contributed by atoms with van der Waals surface area (Å²) < 4.78 is 5.10. The van der Waals surface area contributed by atoms with E-state index in [0.29, 0.717) is 6.67 Å². The summed E-state index contributed by atoms with van der Waals surface area (Å²) in [5.41, 5.74) is -0.418. The minimum Gasteiger partial charge on any atom is -0.444 e. The van der Waals surface area contributed by atoms with E-state index < -0.39 is 5.60 Å². The fourth-order valence-corrected chi connectivity index (χ4v) is 0.642. The van der Waals surface area contributed by atoms with Crippen LogP contribution in [0.5, 0.6) is 0 Å². The topological polar surface area (TPSA) is 41.6 Å². The number of ether oxygens (including phenoxy) is 1. The van der Waals surface area contributed by atoms with E-state index in [1.165, 1.54) is 4.90 Å². The predicted molar refractivity (Wildman–Crippen MR) is 47.9 cm³/mol. The average Bonchev–Trinajstić information content (AvgIpc) is 1.84. The maximum atomic E-state index is 11.2. The second kappa shape index (κ2) is 4.30. The summed E-state index contributed by atoms with van der Waals surface area (Å²) in [5.74, 6) is 0. The van der Waals surface area contributed by atoms with Gasteiger partial charge in [0.1, 0.15) is 5.60 Å². The summed E-state index contributed by atoms with van der Waals surface area (Å²) in [6.07, 6.45) is -0.308. The molecule has 0 rings (SSSR count). The van der Waals surface area contributed by atoms with Crippen molar-refractivity contribution in [3.63, 3.8) is 0 Å². The Bertz CT molecular complexity index is 152. The van der Waals surface area contributed by atoms with Gasteiger partial charge in [0.05, 0.1) is 6.67 Å². The van der Waals surface area contributed by atoms with Crippen LogP contribution in [0, 0.1) is 0 Å². The van der Waals surface area contributed by atoms with E-state index in [-0.39, 0.29) is 6.09 Å². The van der Waals surface area contributed by atoms with E-state index in [9.17, 15) is 4.79 Å². The SMILES string of the molecule is CNCN(C)C(=O)OC(C)(C)C. The Hall–Kier alpha value is -0.770. The van der Waals surface area contributed by atoms with Gasteiger partial charge in [-0.3, -0.25) is 4.90 Å². The summed E-state index contributed by atoms with van der Waals surface area (Å²) in [4.78, 5) is 12.7. The second-order valence-electron chi connectivity index (χ2n) is 3.69. The van der Waals surface area contributed by atoms with E-state index in [4.69, 9.17) is 4.74 Å². The lowest BCUT2D eigenvalue weighted by molar-refractivity contribution is 0.0289. The predicted octanol–water partition coefficient (Wildman–Crippen LogP) is 1.03. The zero-order valence-electron chi connectivity index (χ0n) is 8.47. The van der Waals surface area contributed by atoms with Crippen LogP contribution < -0.4 is 5.32 Å². The third kappa shape index (κ3) is 4.96. The Morgan fingerprint density at radius 2 is 2.00 bits per heavy atom. The monoisotopic (exact) mass is 174 g/mol. The molecule has 0 aliphatic heterocycles. The van der Waals surface area contributed by atoms with Crippen molar-refractivity contribution >= 4 is 6.09 Å². The second-order valence-corrected chi connectivity index (χ2v) is 3.69. The fraction of sp³-hybridized carbons (Fsp3) is 0.875. The number of nitrogens with zero attached hydrogens (tertiary/aromatic N) is 1. The van der Waals surface area contributed by atoms with Gasteiger partial charge in [0.2, 0.25) is 0 Å². The maximum absolute atomic E-state index is 11.2. The molecule has 0 bridgehead atoms. The van der Waals surface area contributed by atoms with Crippen molar-refractivity contribution in [3.05, 3.63) is 0 Å². The van der Waals surface area contributed by atoms with Gasteiger partial charge >= 0.3 is 6.09 Å². The largest absolute Gasteiger partial charge is 0.444 e. The van der Waals surface area contributed by atoms with Crippen molar-refractivity contribution in [1.82, 2.24) is 10.2 Å². The number of rotatable bonds is 2. The molecule has 0 radical (unpaired) electrons. The van der Waals surface area contributed by atoms with Crippen LogP contribution in [-0.4, -0.2) is 37.4 Å². The summed E-state index contributed by atoms with van der Waals surface area (Å²) in [6, 6.07) is 0. The summed E-state index contributed by atoms with van der Waals surface area (Å²) in [7, 11) is 3.46. The molecule has 0 aromatic rings. The molecule has 0 saturated heterocycles. The van der Waals surface area contributed by atoms with Gasteiger partial charge in [0.25, 0.3) is 0 Å². The van der Waals surface area contributed by atoms with Gasteiger partial charge in [-0.05, 0) is 27.8 Å². The van der Waals surface area contributed by atoms with Crippen LogP contribution >= 0.6 is 0 Å². The molecular formula is C8H18N2O2. The number of hydrogen-bond donors (Lipinski definition) is 1. The van der Waals surface area contributed by atoms with Crippen molar-refractivity contribution < 1.29 is 9.53 Å². The summed E-state index contributed by atoms with van der Waals surface area (Å²) in [5, 5.41) is 2.86. The average molecular weight is 174 g/mol. The van der Waals surface area contributed by atoms with E-state index in [1.54, 1.807) is 14.1 Å². The first kappa shape index (κ1) is 11.2. The molecule has 4 nitrogen and oxygen atoms in total. The molecule has 0 aromatic carbocycles. The molecular weight excluding hydrogens is 156 g/mol. The lowest BCUT2D eigenvalue weighted by atomic mass is 10.2. The summed E-state index contributed by atoms with van der Waals surface area (Å²) >= 11 is 0. The Labute approximate surface area is 73.9 Å². The molecule has 0 spiro atoms. The Balaban J connectivity index is 3.87. The van der Waals surface area contributed by atoms with Gasteiger partial charge in [-0.15, -0.1) is 0 Å². The highest BCUT2D eigenvalue weighted by atomic mass is 16.6. The molecule has 0 unspecified atom stereocenters. The smallest absolute Gasteiger partial charge is 0.411 e. The molecule has 4 heteroatoms. The van der Waals surface area contributed by atoms with Crippen molar-refractivity contribution in [1.29, 1.82) is 0 Å². The number of carbonyl (C=O) groups is 1. The third-order valence-corrected chi connectivity index (χ3v) is 1.10. The molecule has 0 saturated carbocycles. The van der Waals surface area contributed by atoms with Crippen LogP contribution in [-0.2, 0) is 4.74 Å². The summed E-state index contributed by atoms with van der Waals surface area (Å²) in [6.45, 7) is 6.03. The number of hydrogen-bond acceptors (Lipinski definition) is 3. The molecule has 0 aliphatic carbocycles. The third-order valence-electron chi connectivity index (χ3n) is 1.10. The Morgan fingerprint density at radius 3 is 2.33 bits per heavy atom. The molecule has 12 heavy (non-hydrogen) atoms. The number of amides is 1. The van der Waals surface area contributed by atoms with Gasteiger partial charge in [-0.1, -0.05) is 0 Å². The first-order chi connectivity index (χ1) is 5.37. The lowest BCUT2D eigenvalue weighted by Gasteiger charge is -2.24. The van der Waals surface area contributed by atoms with Gasteiger partial charge in [0, 0.05) is 7.05 Å². The highest BCUT2D eigenvalue weighted by molar-refractivity contribution is 5.67. The first-order valence-corrected chi connectivity index (χ1v) is 3.95. The molecule has 1 N–H and O–H groups in total. The molecule has 0 atom stereocenters. The lowest BCUT2D eigenvalue weighted by Crippen LogP contribution is -2.38. The zero-order valence-corrected chi connectivity index (χ0v) is 8.47. The Kier molecular flexibility index (Phi) is 4.03. The van der Waals surface area contributed by atoms with E-state index in [1.807, 2.05) is 20.8 Å². The van der Waals surface area contributed by atoms with Crippen molar-refractivity contribution in [2.75, 3.05) is 20.8 Å². The minimum atomic E-state index is -0.418. The van der Waals surface area contributed by atoms with Gasteiger partial charge in [0.15, 0.2) is 0 Å². The first-order valence-electron chi connectivity index (χ1n) is 3.95. The maximum Gasteiger partial charge on any atom is 0.411 e. The number of carbonyl (C=O) groups excluding carboxylic acids is 1. The van der Waals surface area contributed by atoms with Crippen LogP contribution in [0.15, 0.2) is 0 Å². The van der Waals surface area contributed by atoms with E-state index >= 15 is 0 Å². The van der Waals surface area contributed by atoms with E-state index in [2.05, 4.69) is 5.32 Å². The van der Waals surface area contributed by atoms with Crippen LogP contribution in [0.25, 0.3) is 0 Å². The molecule has 1 amide bonds. The zero-order chi connectivity index (χ0) is 9.78. The van der Waals surface area contributed by atoms with E-state index in [0.717, 1.165) is 0 Å². The number of nitrogens with one attached hydrogen (secondary N) is 1. The Morgan fingerprint density at radius 1 is 1.50 bits per heavy atom. The quantitative estimate of drug-likeness (QED) is 0.636.